The summed E-state index contributed by atoms with van der Waals surface area (Å²) in [6, 6.07) is 0.483. The number of rotatable bonds is 3. The minimum Gasteiger partial charge on any atom is -0.464 e. The van der Waals surface area contributed by atoms with Gasteiger partial charge in [-0.05, 0) is 19.8 Å². The molecule has 0 aromatic carbocycles. The number of urea groups is 1. The average Bonchev–Trinajstić information content (AvgIpc) is 3.05. The van der Waals surface area contributed by atoms with E-state index in [2.05, 4.69) is 4.90 Å². The molecule has 1 atom stereocenters. The highest BCUT2D eigenvalue weighted by Gasteiger charge is 2.38. The van der Waals surface area contributed by atoms with Crippen LogP contribution in [0.3, 0.4) is 0 Å². The van der Waals surface area contributed by atoms with Crippen LogP contribution in [-0.2, 0) is 9.53 Å². The van der Waals surface area contributed by atoms with E-state index in [4.69, 9.17) is 4.74 Å². The van der Waals surface area contributed by atoms with Gasteiger partial charge in [-0.25, -0.2) is 4.79 Å². The topological polar surface area (TPSA) is 53.1 Å². The molecule has 2 amide bonds. The third-order valence-corrected chi connectivity index (χ3v) is 4.80. The lowest BCUT2D eigenvalue weighted by Gasteiger charge is -2.37. The normalized spacial score (nSPS) is 29.4. The molecule has 0 N–H and O–H groups in total. The number of cyclic esters (lactones) is 1. The van der Waals surface area contributed by atoms with Crippen molar-refractivity contribution in [1.29, 1.82) is 0 Å². The highest BCUT2D eigenvalue weighted by atomic mass is 16.5. The first kappa shape index (κ1) is 13.7. The Bertz CT molecular complexity index is 393. The van der Waals surface area contributed by atoms with Gasteiger partial charge in [0.05, 0.1) is 6.61 Å². The van der Waals surface area contributed by atoms with E-state index in [0.717, 1.165) is 52.0 Å². The lowest BCUT2D eigenvalue weighted by molar-refractivity contribution is -0.142. The smallest absolute Gasteiger partial charge is 0.323 e. The summed E-state index contributed by atoms with van der Waals surface area (Å²) >= 11 is 0. The van der Waals surface area contributed by atoms with Crippen molar-refractivity contribution in [3.63, 3.8) is 0 Å². The van der Waals surface area contributed by atoms with Gasteiger partial charge in [0.2, 0.25) is 0 Å². The van der Waals surface area contributed by atoms with Crippen molar-refractivity contribution in [2.24, 2.45) is 0 Å². The van der Waals surface area contributed by atoms with Crippen LogP contribution in [0.2, 0.25) is 0 Å². The fraction of sp³-hybridized carbons (Fsp3) is 0.857. The zero-order valence-electron chi connectivity index (χ0n) is 12.1. The molecule has 1 unspecified atom stereocenters. The number of amides is 2. The van der Waals surface area contributed by atoms with Crippen LogP contribution in [0.15, 0.2) is 0 Å². The van der Waals surface area contributed by atoms with E-state index in [0.29, 0.717) is 12.6 Å². The summed E-state index contributed by atoms with van der Waals surface area (Å²) < 4.78 is 5.04. The zero-order chi connectivity index (χ0) is 14.1. The van der Waals surface area contributed by atoms with E-state index in [-0.39, 0.29) is 18.0 Å². The predicted octanol–water partition coefficient (Wildman–Crippen LogP) is 0.524. The molecular weight excluding hydrogens is 258 g/mol. The van der Waals surface area contributed by atoms with E-state index < -0.39 is 0 Å². The second-order valence-corrected chi connectivity index (χ2v) is 5.79. The molecule has 3 heterocycles. The number of nitrogens with zero attached hydrogens (tertiary/aromatic N) is 3. The van der Waals surface area contributed by atoms with Crippen LogP contribution in [0.4, 0.5) is 4.79 Å². The Hall–Kier alpha value is -1.30. The molecule has 0 radical (unpaired) electrons. The summed E-state index contributed by atoms with van der Waals surface area (Å²) in [5, 5.41) is 0. The number of hydrogen-bond acceptors (Lipinski definition) is 4. The molecule has 3 aliphatic heterocycles. The van der Waals surface area contributed by atoms with Gasteiger partial charge in [-0.2, -0.15) is 0 Å². The summed E-state index contributed by atoms with van der Waals surface area (Å²) in [6.07, 6.45) is 2.75. The summed E-state index contributed by atoms with van der Waals surface area (Å²) in [5.41, 5.74) is 0. The Balaban J connectivity index is 1.54. The predicted molar refractivity (Wildman–Crippen MR) is 73.3 cm³/mol. The molecule has 0 spiro atoms. The fourth-order valence-corrected chi connectivity index (χ4v) is 3.56. The average molecular weight is 281 g/mol. The number of likely N-dealkylation sites (N-methyl/N-ethyl adjacent to an activating group) is 1. The van der Waals surface area contributed by atoms with E-state index in [1.165, 1.54) is 0 Å². The number of likely N-dealkylation sites (tertiary alicyclic amines) is 1. The lowest BCUT2D eigenvalue weighted by Crippen LogP contribution is -2.50. The first-order chi connectivity index (χ1) is 9.70. The summed E-state index contributed by atoms with van der Waals surface area (Å²) in [5.74, 6) is -0.0714. The Labute approximate surface area is 119 Å². The van der Waals surface area contributed by atoms with Crippen molar-refractivity contribution >= 4 is 12.0 Å². The molecule has 3 aliphatic rings. The van der Waals surface area contributed by atoms with Crippen LogP contribution in [-0.4, -0.2) is 78.1 Å². The SMILES string of the molecule is CCN1CCN(C2CCN(C3CCOC3=O)CC2)C1=O. The number of piperidine rings is 1. The van der Waals surface area contributed by atoms with Gasteiger partial charge in [0.15, 0.2) is 0 Å². The van der Waals surface area contributed by atoms with Crippen LogP contribution >= 0.6 is 0 Å². The third-order valence-electron chi connectivity index (χ3n) is 4.80. The maximum Gasteiger partial charge on any atom is 0.323 e. The summed E-state index contributed by atoms with van der Waals surface area (Å²) in [6.45, 7) is 6.85. The molecule has 112 valence electrons. The second-order valence-electron chi connectivity index (χ2n) is 5.79. The molecule has 0 aliphatic carbocycles. The molecule has 0 bridgehead atoms. The lowest BCUT2D eigenvalue weighted by atomic mass is 10.0. The molecule has 3 fully saturated rings. The first-order valence-electron chi connectivity index (χ1n) is 7.67. The quantitative estimate of drug-likeness (QED) is 0.708. The van der Waals surface area contributed by atoms with Crippen molar-refractivity contribution in [2.75, 3.05) is 39.3 Å². The van der Waals surface area contributed by atoms with Gasteiger partial charge >= 0.3 is 12.0 Å². The van der Waals surface area contributed by atoms with Gasteiger partial charge in [0.25, 0.3) is 0 Å². The summed E-state index contributed by atoms with van der Waals surface area (Å²) in [7, 11) is 0. The third kappa shape index (κ3) is 2.37. The van der Waals surface area contributed by atoms with Crippen LogP contribution in [0.5, 0.6) is 0 Å². The number of ether oxygens (including phenoxy) is 1. The molecule has 20 heavy (non-hydrogen) atoms. The maximum absolute atomic E-state index is 12.2. The summed E-state index contributed by atoms with van der Waals surface area (Å²) in [4.78, 5) is 30.0. The van der Waals surface area contributed by atoms with E-state index in [9.17, 15) is 9.59 Å². The minimum atomic E-state index is -0.0714. The largest absolute Gasteiger partial charge is 0.464 e. The Morgan fingerprint density at radius 2 is 1.85 bits per heavy atom. The van der Waals surface area contributed by atoms with Crippen molar-refractivity contribution in [1.82, 2.24) is 14.7 Å². The van der Waals surface area contributed by atoms with Crippen LogP contribution in [0.25, 0.3) is 0 Å². The Morgan fingerprint density at radius 1 is 1.10 bits per heavy atom. The molecule has 3 rings (SSSR count). The van der Waals surface area contributed by atoms with Gasteiger partial charge in [0.1, 0.15) is 6.04 Å². The maximum atomic E-state index is 12.2. The van der Waals surface area contributed by atoms with Crippen molar-refractivity contribution in [3.05, 3.63) is 0 Å². The van der Waals surface area contributed by atoms with Crippen molar-refractivity contribution in [3.8, 4) is 0 Å². The fourth-order valence-electron chi connectivity index (χ4n) is 3.56. The molecule has 0 saturated carbocycles. The van der Waals surface area contributed by atoms with E-state index in [1.54, 1.807) is 0 Å². The molecule has 0 aromatic rings. The number of esters is 1. The van der Waals surface area contributed by atoms with Crippen molar-refractivity contribution in [2.45, 2.75) is 38.3 Å². The monoisotopic (exact) mass is 281 g/mol. The molecular formula is C14H23N3O3. The van der Waals surface area contributed by atoms with Crippen LogP contribution in [0, 0.1) is 0 Å². The second kappa shape index (κ2) is 5.60. The van der Waals surface area contributed by atoms with Gasteiger partial charge in [-0.1, -0.05) is 0 Å². The van der Waals surface area contributed by atoms with Crippen LogP contribution < -0.4 is 0 Å². The zero-order valence-corrected chi connectivity index (χ0v) is 12.1. The molecule has 0 aromatic heterocycles. The Morgan fingerprint density at radius 3 is 2.40 bits per heavy atom. The Kier molecular flexibility index (Phi) is 3.83. The van der Waals surface area contributed by atoms with Crippen molar-refractivity contribution < 1.29 is 14.3 Å². The van der Waals surface area contributed by atoms with Crippen LogP contribution in [0.1, 0.15) is 26.2 Å². The minimum absolute atomic E-state index is 0.0441. The van der Waals surface area contributed by atoms with E-state index in [1.807, 2.05) is 16.7 Å². The van der Waals surface area contributed by atoms with Gasteiger partial charge in [-0.15, -0.1) is 0 Å². The van der Waals surface area contributed by atoms with E-state index >= 15 is 0 Å². The molecule has 6 heteroatoms. The molecule has 3 saturated heterocycles. The molecule has 6 nitrogen and oxygen atoms in total. The van der Waals surface area contributed by atoms with Gasteiger partial charge in [0, 0.05) is 45.2 Å². The number of hydrogen-bond donors (Lipinski definition) is 0. The number of carbonyl (C=O) groups is 2. The highest BCUT2D eigenvalue weighted by Crippen LogP contribution is 2.24. The van der Waals surface area contributed by atoms with Gasteiger partial charge in [-0.3, -0.25) is 9.69 Å². The number of carbonyl (C=O) groups excluding carboxylic acids is 2. The standard InChI is InChI=1S/C14H23N3O3/c1-2-15-8-9-17(14(15)19)11-3-6-16(7-4-11)12-5-10-20-13(12)18/h11-12H,2-10H2,1H3. The first-order valence-corrected chi connectivity index (χ1v) is 7.67. The highest BCUT2D eigenvalue weighted by molar-refractivity contribution is 5.78. The van der Waals surface area contributed by atoms with Gasteiger partial charge < -0.3 is 14.5 Å².